The van der Waals surface area contributed by atoms with Gasteiger partial charge in [0.1, 0.15) is 18.1 Å². The van der Waals surface area contributed by atoms with Crippen LogP contribution in [-0.2, 0) is 0 Å². The smallest absolute Gasteiger partial charge is 0.291 e. The summed E-state index contributed by atoms with van der Waals surface area (Å²) in [6, 6.07) is 21.0. The number of thiazole rings is 1. The quantitative estimate of drug-likeness (QED) is 0.0957. The minimum absolute atomic E-state index is 0.265. The molecule has 6 aromatic rings. The minimum atomic E-state index is -0.265. The van der Waals surface area contributed by atoms with Crippen LogP contribution in [0.3, 0.4) is 0 Å². The number of rotatable bonds is 13. The monoisotopic (exact) mass is 665 g/mol. The molecule has 3 heterocycles. The van der Waals surface area contributed by atoms with E-state index in [-0.39, 0.29) is 5.56 Å². The number of hydrogen-bond donors (Lipinski definition) is 0. The molecule has 0 radical (unpaired) electrons. The first-order chi connectivity index (χ1) is 23.0. The van der Waals surface area contributed by atoms with E-state index < -0.39 is 0 Å². The van der Waals surface area contributed by atoms with Crippen LogP contribution in [0.2, 0.25) is 5.02 Å². The van der Waals surface area contributed by atoms with Crippen molar-refractivity contribution in [3.8, 4) is 34.2 Å². The molecule has 0 amide bonds. The highest BCUT2D eigenvalue weighted by molar-refractivity contribution is 7.15. The third-order valence-electron chi connectivity index (χ3n) is 7.18. The van der Waals surface area contributed by atoms with Crippen LogP contribution in [0.5, 0.6) is 17.2 Å². The Balaban J connectivity index is 1.32. The molecule has 0 N–H and O–H groups in total. The molecule has 0 unspecified atom stereocenters. The third-order valence-corrected chi connectivity index (χ3v) is 8.43. The van der Waals surface area contributed by atoms with Gasteiger partial charge in [0.05, 0.1) is 29.0 Å². The van der Waals surface area contributed by atoms with Gasteiger partial charge in [-0.25, -0.2) is 4.68 Å². The summed E-state index contributed by atoms with van der Waals surface area (Å²) >= 11 is 7.88. The van der Waals surface area contributed by atoms with E-state index in [0.29, 0.717) is 56.5 Å². The number of hydrogen-bond acceptors (Lipinski definition) is 8. The zero-order valence-electron chi connectivity index (χ0n) is 25.9. The molecule has 3 aromatic heterocycles. The molecule has 0 aliphatic heterocycles. The van der Waals surface area contributed by atoms with Crippen molar-refractivity contribution < 1.29 is 14.2 Å². The van der Waals surface area contributed by atoms with E-state index in [1.54, 1.807) is 23.9 Å². The second-order valence-corrected chi connectivity index (χ2v) is 11.9. The van der Waals surface area contributed by atoms with E-state index in [4.69, 9.17) is 30.9 Å². The number of fused-ring (bicyclic) bond motifs is 1. The minimum Gasteiger partial charge on any atom is -0.493 e. The van der Waals surface area contributed by atoms with Crippen molar-refractivity contribution in [1.29, 1.82) is 0 Å². The molecule has 0 atom stereocenters. The van der Waals surface area contributed by atoms with Crippen LogP contribution in [0.4, 0.5) is 0 Å². The van der Waals surface area contributed by atoms with Crippen LogP contribution in [0.1, 0.15) is 36.7 Å². The predicted octanol–water partition coefficient (Wildman–Crippen LogP) is 7.13. The van der Waals surface area contributed by atoms with E-state index in [2.05, 4.69) is 23.6 Å². The third kappa shape index (κ3) is 7.14. The van der Waals surface area contributed by atoms with Crippen LogP contribution in [0, 0.1) is 0 Å². The normalized spacial score (nSPS) is 11.9. The molecule has 0 saturated heterocycles. The van der Waals surface area contributed by atoms with Crippen molar-refractivity contribution in [3.63, 3.8) is 0 Å². The SMILES string of the molecule is C=CCOc1ccc(/C=C/c2nc3s/c(=C\c4cn(-c5ccccc5)nc4-c4ccc(OCCCC)c(Cl)c4)c(=O)n3n2)cc1OC. The number of benzene rings is 3. The molecule has 238 valence electrons. The van der Waals surface area contributed by atoms with E-state index in [1.165, 1.54) is 15.9 Å². The Bertz CT molecular complexity index is 2170. The Labute approximate surface area is 280 Å². The lowest BCUT2D eigenvalue weighted by Gasteiger charge is -2.09. The average Bonchev–Trinajstić information content (AvgIpc) is 3.78. The number of aromatic nitrogens is 5. The van der Waals surface area contributed by atoms with Gasteiger partial charge >= 0.3 is 0 Å². The predicted molar refractivity (Wildman–Crippen MR) is 188 cm³/mol. The zero-order chi connectivity index (χ0) is 32.8. The van der Waals surface area contributed by atoms with Crippen LogP contribution in [-0.4, -0.2) is 44.7 Å². The number of para-hydroxylation sites is 1. The summed E-state index contributed by atoms with van der Waals surface area (Å²) in [6.45, 7) is 6.76. The Morgan fingerprint density at radius 1 is 0.979 bits per heavy atom. The van der Waals surface area contributed by atoms with Crippen LogP contribution < -0.4 is 24.3 Å². The van der Waals surface area contributed by atoms with Gasteiger partial charge in [0, 0.05) is 17.3 Å². The number of ether oxygens (including phenoxy) is 3. The lowest BCUT2D eigenvalue weighted by Crippen LogP contribution is -2.23. The molecule has 47 heavy (non-hydrogen) atoms. The first-order valence-electron chi connectivity index (χ1n) is 15.1. The van der Waals surface area contributed by atoms with Crippen molar-refractivity contribution in [1.82, 2.24) is 24.4 Å². The molecule has 11 heteroatoms. The maximum absolute atomic E-state index is 13.5. The number of halogens is 1. The fraction of sp³-hybridized carbons (Fsp3) is 0.167. The number of unbranched alkanes of at least 4 members (excludes halogenated alkanes) is 1. The fourth-order valence-corrected chi connectivity index (χ4v) is 5.95. The molecule has 0 saturated carbocycles. The van der Waals surface area contributed by atoms with Crippen molar-refractivity contribution >= 4 is 46.1 Å². The maximum atomic E-state index is 13.5. The lowest BCUT2D eigenvalue weighted by atomic mass is 10.1. The van der Waals surface area contributed by atoms with E-state index in [9.17, 15) is 4.79 Å². The highest BCUT2D eigenvalue weighted by Gasteiger charge is 2.16. The van der Waals surface area contributed by atoms with E-state index in [0.717, 1.165) is 35.2 Å². The van der Waals surface area contributed by atoms with Gasteiger partial charge in [0.2, 0.25) is 4.96 Å². The van der Waals surface area contributed by atoms with E-state index in [1.807, 2.05) is 85.1 Å². The Morgan fingerprint density at radius 2 is 1.81 bits per heavy atom. The molecular formula is C36H32ClN5O4S. The summed E-state index contributed by atoms with van der Waals surface area (Å²) in [5, 5.41) is 9.84. The van der Waals surface area contributed by atoms with Gasteiger partial charge in [-0.2, -0.15) is 14.6 Å². The van der Waals surface area contributed by atoms with Crippen LogP contribution in [0.25, 0.3) is 40.1 Å². The van der Waals surface area contributed by atoms with Gasteiger partial charge in [0.15, 0.2) is 17.3 Å². The van der Waals surface area contributed by atoms with Gasteiger partial charge in [-0.05, 0) is 66.6 Å². The summed E-state index contributed by atoms with van der Waals surface area (Å²) in [5.41, 5.74) is 3.71. The summed E-state index contributed by atoms with van der Waals surface area (Å²) in [6.07, 6.45) is 11.0. The van der Waals surface area contributed by atoms with Gasteiger partial charge in [-0.15, -0.1) is 5.10 Å². The molecule has 9 nitrogen and oxygen atoms in total. The molecule has 0 spiro atoms. The van der Waals surface area contributed by atoms with Gasteiger partial charge < -0.3 is 14.2 Å². The molecular weight excluding hydrogens is 634 g/mol. The van der Waals surface area contributed by atoms with Gasteiger partial charge in [0.25, 0.3) is 5.56 Å². The first kappa shape index (κ1) is 31.8. The van der Waals surface area contributed by atoms with Crippen molar-refractivity contribution in [2.75, 3.05) is 20.3 Å². The zero-order valence-corrected chi connectivity index (χ0v) is 27.5. The summed E-state index contributed by atoms with van der Waals surface area (Å²) in [4.78, 5) is 18.6. The lowest BCUT2D eigenvalue weighted by molar-refractivity contribution is 0.309. The second kappa shape index (κ2) is 14.5. The Kier molecular flexibility index (Phi) is 9.80. The molecule has 0 fully saturated rings. The highest BCUT2D eigenvalue weighted by Crippen LogP contribution is 2.32. The average molecular weight is 666 g/mol. The molecule has 3 aromatic carbocycles. The summed E-state index contributed by atoms with van der Waals surface area (Å²) in [5.74, 6) is 2.27. The molecule has 0 aliphatic rings. The Morgan fingerprint density at radius 3 is 2.55 bits per heavy atom. The number of nitrogens with zero attached hydrogens (tertiary/aromatic N) is 5. The number of methoxy groups -OCH3 is 1. The summed E-state index contributed by atoms with van der Waals surface area (Å²) in [7, 11) is 1.59. The maximum Gasteiger partial charge on any atom is 0.291 e. The molecule has 0 aliphatic carbocycles. The second-order valence-electron chi connectivity index (χ2n) is 10.5. The van der Waals surface area contributed by atoms with Crippen molar-refractivity contribution in [3.05, 3.63) is 122 Å². The first-order valence-corrected chi connectivity index (χ1v) is 16.3. The molecule has 6 rings (SSSR count). The fourth-order valence-electron chi connectivity index (χ4n) is 4.81. The molecule has 0 bridgehead atoms. The van der Waals surface area contributed by atoms with Crippen LogP contribution in [0.15, 0.2) is 90.4 Å². The van der Waals surface area contributed by atoms with Gasteiger partial charge in [-0.3, -0.25) is 4.79 Å². The summed E-state index contributed by atoms with van der Waals surface area (Å²) < 4.78 is 20.5. The topological polar surface area (TPSA) is 92.8 Å². The highest BCUT2D eigenvalue weighted by atomic mass is 35.5. The van der Waals surface area contributed by atoms with E-state index >= 15 is 0 Å². The van der Waals surface area contributed by atoms with Gasteiger partial charge in [-0.1, -0.05) is 79.3 Å². The van der Waals surface area contributed by atoms with Crippen molar-refractivity contribution in [2.45, 2.75) is 19.8 Å². The largest absolute Gasteiger partial charge is 0.493 e. The van der Waals surface area contributed by atoms with Crippen molar-refractivity contribution in [2.24, 2.45) is 0 Å². The Hall–Kier alpha value is -5.19. The standard InChI is InChI=1S/C36H32ClN5O4S/c1-4-6-19-46-29-16-14-25(21-28(29)37)34-26(23-41(40-34)27-10-8-7-9-11-27)22-32-35(43)42-36(47-32)38-33(39-42)17-13-24-12-15-30(45-18-5-2)31(20-24)44-3/h5,7-17,20-23H,2,4,6,18-19H2,1,3H3/b17-13+,32-22-. The van der Waals surface area contributed by atoms with Crippen LogP contribution >= 0.6 is 22.9 Å².